The van der Waals surface area contributed by atoms with Crippen LogP contribution in [0.15, 0.2) is 53.6 Å². The molecule has 168 valence electrons. The Hall–Kier alpha value is -3.28. The summed E-state index contributed by atoms with van der Waals surface area (Å²) >= 11 is 0. The summed E-state index contributed by atoms with van der Waals surface area (Å²) in [6.45, 7) is 2.66. The van der Waals surface area contributed by atoms with E-state index < -0.39 is 28.0 Å². The van der Waals surface area contributed by atoms with Crippen molar-refractivity contribution in [1.29, 1.82) is 0 Å². The minimum absolute atomic E-state index is 0.0628. The topological polar surface area (TPSA) is 131 Å². The Balaban J connectivity index is 1.44. The van der Waals surface area contributed by atoms with Crippen LogP contribution in [0.25, 0.3) is 10.9 Å². The average Bonchev–Trinajstić information content (AvgIpc) is 3.28. The lowest BCUT2D eigenvalue weighted by atomic mass is 10.1. The van der Waals surface area contributed by atoms with Gasteiger partial charge in [-0.1, -0.05) is 18.2 Å². The number of carbonyl (C=O) groups is 2. The Morgan fingerprint density at radius 1 is 1.19 bits per heavy atom. The van der Waals surface area contributed by atoms with E-state index >= 15 is 0 Å². The highest BCUT2D eigenvalue weighted by atomic mass is 32.2. The van der Waals surface area contributed by atoms with Crippen molar-refractivity contribution in [2.45, 2.75) is 17.9 Å². The van der Waals surface area contributed by atoms with Gasteiger partial charge in [0.25, 0.3) is 5.91 Å². The monoisotopic (exact) mass is 458 g/mol. The number of carbonyl (C=O) groups excluding carboxylic acids is 2. The number of aromatic nitrogens is 2. The van der Waals surface area contributed by atoms with Gasteiger partial charge in [-0.25, -0.2) is 13.2 Å². The maximum absolute atomic E-state index is 12.8. The number of amides is 1. The van der Waals surface area contributed by atoms with Gasteiger partial charge in [0.1, 0.15) is 0 Å². The van der Waals surface area contributed by atoms with E-state index in [0.717, 1.165) is 5.39 Å². The second kappa shape index (κ2) is 9.07. The molecule has 0 bridgehead atoms. The number of rotatable bonds is 6. The minimum Gasteiger partial charge on any atom is -0.449 e. The maximum atomic E-state index is 12.8. The van der Waals surface area contributed by atoms with Crippen molar-refractivity contribution in [2.24, 2.45) is 0 Å². The molecule has 0 radical (unpaired) electrons. The molecule has 1 aliphatic rings. The number of H-pyrrole nitrogens is 1. The number of nitrogens with zero attached hydrogens (tertiary/aromatic N) is 2. The molecule has 32 heavy (non-hydrogen) atoms. The number of hydrogen-bond donors (Lipinski definition) is 2. The molecule has 1 saturated heterocycles. The van der Waals surface area contributed by atoms with Gasteiger partial charge in [0.15, 0.2) is 6.10 Å². The SMILES string of the molecule is CC(OC(=O)c1cccc2cn[nH]c12)C(=O)Nc1cccc(S(=O)(=O)N2CCOCC2)c1. The van der Waals surface area contributed by atoms with Gasteiger partial charge in [-0.2, -0.15) is 9.40 Å². The van der Waals surface area contributed by atoms with Crippen molar-refractivity contribution in [3.05, 3.63) is 54.2 Å². The summed E-state index contributed by atoms with van der Waals surface area (Å²) in [5.74, 6) is -1.26. The lowest BCUT2D eigenvalue weighted by molar-refractivity contribution is -0.123. The smallest absolute Gasteiger partial charge is 0.341 e. The number of esters is 1. The standard InChI is InChI=1S/C21H22N4O6S/c1-14(31-21(27)18-7-2-4-15-13-22-24-19(15)18)20(26)23-16-5-3-6-17(12-16)32(28,29)25-8-10-30-11-9-25/h2-7,12-14H,8-11H2,1H3,(H,22,24)(H,23,26). The molecule has 0 aliphatic carbocycles. The predicted molar refractivity (Wildman–Crippen MR) is 116 cm³/mol. The number of aromatic amines is 1. The van der Waals surface area contributed by atoms with Gasteiger partial charge < -0.3 is 14.8 Å². The summed E-state index contributed by atoms with van der Waals surface area (Å²) < 4.78 is 37.5. The fraction of sp³-hybridized carbons (Fsp3) is 0.286. The summed E-state index contributed by atoms with van der Waals surface area (Å²) in [4.78, 5) is 25.2. The van der Waals surface area contributed by atoms with Gasteiger partial charge in [0.05, 0.1) is 35.4 Å². The van der Waals surface area contributed by atoms with Crippen LogP contribution < -0.4 is 5.32 Å². The van der Waals surface area contributed by atoms with Crippen molar-refractivity contribution in [3.63, 3.8) is 0 Å². The van der Waals surface area contributed by atoms with Crippen LogP contribution in [0.5, 0.6) is 0 Å². The fourth-order valence-electron chi connectivity index (χ4n) is 3.33. The average molecular weight is 458 g/mol. The molecule has 1 fully saturated rings. The van der Waals surface area contributed by atoms with Crippen LogP contribution >= 0.6 is 0 Å². The summed E-state index contributed by atoms with van der Waals surface area (Å²) in [7, 11) is -3.70. The zero-order valence-electron chi connectivity index (χ0n) is 17.3. The van der Waals surface area contributed by atoms with E-state index in [4.69, 9.17) is 9.47 Å². The Kier molecular flexibility index (Phi) is 6.21. The quantitative estimate of drug-likeness (QED) is 0.538. The molecular formula is C21H22N4O6S. The van der Waals surface area contributed by atoms with E-state index in [-0.39, 0.29) is 29.2 Å². The normalized spacial score (nSPS) is 15.9. The van der Waals surface area contributed by atoms with Crippen LogP contribution in [0.2, 0.25) is 0 Å². The van der Waals surface area contributed by atoms with Crippen LogP contribution in [0.1, 0.15) is 17.3 Å². The number of benzene rings is 2. The number of morpholine rings is 1. The molecule has 1 aliphatic heterocycles. The number of nitrogens with one attached hydrogen (secondary N) is 2. The molecule has 1 unspecified atom stereocenters. The molecule has 2 N–H and O–H groups in total. The number of anilines is 1. The summed E-state index contributed by atoms with van der Waals surface area (Å²) in [6, 6.07) is 11.0. The first kappa shape index (κ1) is 21.9. The van der Waals surface area contributed by atoms with E-state index in [1.165, 1.54) is 23.4 Å². The van der Waals surface area contributed by atoms with Crippen molar-refractivity contribution >= 4 is 38.5 Å². The molecule has 1 aromatic heterocycles. The molecule has 3 aromatic rings. The molecule has 0 saturated carbocycles. The number of sulfonamides is 1. The van der Waals surface area contributed by atoms with Crippen LogP contribution in [-0.2, 0) is 24.3 Å². The van der Waals surface area contributed by atoms with Gasteiger partial charge in [-0.3, -0.25) is 9.89 Å². The van der Waals surface area contributed by atoms with Crippen LogP contribution in [-0.4, -0.2) is 67.2 Å². The van der Waals surface area contributed by atoms with E-state index in [0.29, 0.717) is 18.7 Å². The van der Waals surface area contributed by atoms with Crippen LogP contribution in [0, 0.1) is 0 Å². The van der Waals surface area contributed by atoms with Crippen molar-refractivity contribution in [1.82, 2.24) is 14.5 Å². The molecule has 11 heteroatoms. The lowest BCUT2D eigenvalue weighted by Crippen LogP contribution is -2.40. The van der Waals surface area contributed by atoms with Crippen molar-refractivity contribution in [3.8, 4) is 0 Å². The van der Waals surface area contributed by atoms with Crippen LogP contribution in [0.4, 0.5) is 5.69 Å². The molecule has 4 rings (SSSR count). The molecule has 10 nitrogen and oxygen atoms in total. The zero-order valence-corrected chi connectivity index (χ0v) is 18.1. The van der Waals surface area contributed by atoms with Gasteiger partial charge in [0, 0.05) is 24.2 Å². The summed E-state index contributed by atoms with van der Waals surface area (Å²) in [5, 5.41) is 9.99. The van der Waals surface area contributed by atoms with E-state index in [2.05, 4.69) is 15.5 Å². The largest absolute Gasteiger partial charge is 0.449 e. The molecule has 0 spiro atoms. The first-order chi connectivity index (χ1) is 15.4. The molecule has 2 aromatic carbocycles. The highest BCUT2D eigenvalue weighted by molar-refractivity contribution is 7.89. The van der Waals surface area contributed by atoms with E-state index in [1.54, 1.807) is 36.5 Å². The van der Waals surface area contributed by atoms with Crippen LogP contribution in [0.3, 0.4) is 0 Å². The van der Waals surface area contributed by atoms with Crippen molar-refractivity contribution < 1.29 is 27.5 Å². The third-order valence-corrected chi connectivity index (χ3v) is 6.95. The van der Waals surface area contributed by atoms with Gasteiger partial charge >= 0.3 is 5.97 Å². The van der Waals surface area contributed by atoms with Gasteiger partial charge in [-0.05, 0) is 31.2 Å². The third kappa shape index (κ3) is 4.49. The predicted octanol–water partition coefficient (Wildman–Crippen LogP) is 1.77. The minimum atomic E-state index is -3.70. The Labute approximate surface area is 184 Å². The number of fused-ring (bicyclic) bond motifs is 1. The first-order valence-electron chi connectivity index (χ1n) is 9.98. The Bertz CT molecular complexity index is 1250. The van der Waals surface area contributed by atoms with Gasteiger partial charge in [-0.15, -0.1) is 0 Å². The molecular weight excluding hydrogens is 436 g/mol. The Morgan fingerprint density at radius 3 is 2.72 bits per heavy atom. The molecule has 1 atom stereocenters. The second-order valence-electron chi connectivity index (χ2n) is 7.22. The first-order valence-corrected chi connectivity index (χ1v) is 11.4. The third-order valence-electron chi connectivity index (χ3n) is 5.06. The zero-order chi connectivity index (χ0) is 22.7. The molecule has 1 amide bonds. The Morgan fingerprint density at radius 2 is 1.94 bits per heavy atom. The summed E-state index contributed by atoms with van der Waals surface area (Å²) in [5.41, 5.74) is 1.06. The molecule has 2 heterocycles. The highest BCUT2D eigenvalue weighted by Crippen LogP contribution is 2.21. The van der Waals surface area contributed by atoms with Gasteiger partial charge in [0.2, 0.25) is 10.0 Å². The van der Waals surface area contributed by atoms with E-state index in [9.17, 15) is 18.0 Å². The van der Waals surface area contributed by atoms with Crippen molar-refractivity contribution in [2.75, 3.05) is 31.6 Å². The fourth-order valence-corrected chi connectivity index (χ4v) is 4.79. The highest BCUT2D eigenvalue weighted by Gasteiger charge is 2.27. The van der Waals surface area contributed by atoms with E-state index in [1.807, 2.05) is 0 Å². The number of para-hydroxylation sites is 1. The number of hydrogen-bond acceptors (Lipinski definition) is 7. The number of ether oxygens (including phenoxy) is 2. The maximum Gasteiger partial charge on any atom is 0.341 e. The second-order valence-corrected chi connectivity index (χ2v) is 9.16. The lowest BCUT2D eigenvalue weighted by Gasteiger charge is -2.26. The summed E-state index contributed by atoms with van der Waals surface area (Å²) in [6.07, 6.45) is 0.473.